The summed E-state index contributed by atoms with van der Waals surface area (Å²) in [4.78, 5) is 25.0. The van der Waals surface area contributed by atoms with Crippen LogP contribution >= 0.6 is 0 Å². The van der Waals surface area contributed by atoms with Crippen LogP contribution < -0.4 is 15.4 Å². The van der Waals surface area contributed by atoms with Gasteiger partial charge < -0.3 is 15.4 Å². The Hall–Kier alpha value is -2.91. The predicted molar refractivity (Wildman–Crippen MR) is 117 cm³/mol. The molecule has 2 N–H and O–H groups in total. The predicted octanol–water partition coefficient (Wildman–Crippen LogP) is 2.24. The normalized spacial score (nSPS) is 17.0. The Morgan fingerprint density at radius 3 is 2.55 bits per heavy atom. The van der Waals surface area contributed by atoms with Gasteiger partial charge in [0.05, 0.1) is 23.6 Å². The lowest BCUT2D eigenvalue weighted by atomic mass is 9.99. The number of ether oxygens (including phenoxy) is 1. The number of sulfonamides is 1. The van der Waals surface area contributed by atoms with Crippen molar-refractivity contribution in [2.45, 2.75) is 24.2 Å². The van der Waals surface area contributed by atoms with E-state index in [2.05, 4.69) is 10.6 Å². The molecule has 31 heavy (non-hydrogen) atoms. The molecule has 0 spiro atoms. The molecule has 9 heteroatoms. The van der Waals surface area contributed by atoms with Crippen LogP contribution in [-0.4, -0.2) is 51.3 Å². The Bertz CT molecular complexity index is 1010. The molecule has 1 fully saturated rings. The van der Waals surface area contributed by atoms with Crippen molar-refractivity contribution in [1.82, 2.24) is 9.62 Å². The van der Waals surface area contributed by atoms with Crippen molar-refractivity contribution in [1.29, 1.82) is 0 Å². The summed E-state index contributed by atoms with van der Waals surface area (Å²) in [6.45, 7) is 0.695. The van der Waals surface area contributed by atoms with Crippen molar-refractivity contribution >= 4 is 27.5 Å². The molecular formula is C22H27N3O5S. The maximum Gasteiger partial charge on any atom is 0.243 e. The smallest absolute Gasteiger partial charge is 0.243 e. The molecule has 2 aromatic carbocycles. The lowest BCUT2D eigenvalue weighted by Crippen LogP contribution is -2.45. The van der Waals surface area contributed by atoms with Crippen molar-refractivity contribution in [2.24, 2.45) is 5.92 Å². The highest BCUT2D eigenvalue weighted by atomic mass is 32.2. The second-order valence-electron chi connectivity index (χ2n) is 7.30. The van der Waals surface area contributed by atoms with Gasteiger partial charge in [0.25, 0.3) is 0 Å². The summed E-state index contributed by atoms with van der Waals surface area (Å²) in [5, 5.41) is 5.51. The van der Waals surface area contributed by atoms with Crippen LogP contribution in [-0.2, 0) is 19.6 Å². The largest absolute Gasteiger partial charge is 0.495 e. The van der Waals surface area contributed by atoms with Gasteiger partial charge in [-0.15, -0.1) is 0 Å². The van der Waals surface area contributed by atoms with Crippen LogP contribution in [0.4, 0.5) is 5.69 Å². The second kappa shape index (κ2) is 10.4. The third-order valence-electron chi connectivity index (χ3n) is 5.17. The first-order valence-corrected chi connectivity index (χ1v) is 11.6. The molecule has 0 aromatic heterocycles. The van der Waals surface area contributed by atoms with E-state index in [1.54, 1.807) is 54.6 Å². The Balaban J connectivity index is 1.50. The van der Waals surface area contributed by atoms with Crippen LogP contribution in [0.15, 0.2) is 59.5 Å². The van der Waals surface area contributed by atoms with Crippen LogP contribution in [0, 0.1) is 5.92 Å². The number of anilines is 1. The number of hydrogen-bond acceptors (Lipinski definition) is 5. The van der Waals surface area contributed by atoms with Crippen LogP contribution in [0.2, 0.25) is 0 Å². The zero-order chi connectivity index (χ0) is 22.3. The molecule has 2 aromatic rings. The van der Waals surface area contributed by atoms with E-state index < -0.39 is 15.9 Å². The Labute approximate surface area is 182 Å². The number of piperidine rings is 1. The fourth-order valence-electron chi connectivity index (χ4n) is 3.52. The van der Waals surface area contributed by atoms with Gasteiger partial charge in [-0.3, -0.25) is 9.59 Å². The fraction of sp³-hybridized carbons (Fsp3) is 0.364. The molecule has 0 radical (unpaired) electrons. The number of rotatable bonds is 8. The lowest BCUT2D eigenvalue weighted by Gasteiger charge is -2.31. The number of para-hydroxylation sites is 2. The van der Waals surface area contributed by atoms with Gasteiger partial charge in [0.15, 0.2) is 0 Å². The van der Waals surface area contributed by atoms with Gasteiger partial charge in [-0.2, -0.15) is 4.31 Å². The van der Waals surface area contributed by atoms with Crippen LogP contribution in [0.5, 0.6) is 5.75 Å². The van der Waals surface area contributed by atoms with Gasteiger partial charge in [0, 0.05) is 26.1 Å². The molecule has 1 aliphatic heterocycles. The summed E-state index contributed by atoms with van der Waals surface area (Å²) in [5.41, 5.74) is 0.565. The van der Waals surface area contributed by atoms with Crippen LogP contribution in [0.25, 0.3) is 0 Å². The van der Waals surface area contributed by atoms with Crippen LogP contribution in [0.1, 0.15) is 19.3 Å². The van der Waals surface area contributed by atoms with Crippen LogP contribution in [0.3, 0.4) is 0 Å². The number of benzene rings is 2. The van der Waals surface area contributed by atoms with E-state index in [4.69, 9.17) is 4.74 Å². The van der Waals surface area contributed by atoms with Gasteiger partial charge >= 0.3 is 0 Å². The molecule has 0 bridgehead atoms. The Morgan fingerprint density at radius 2 is 1.81 bits per heavy atom. The molecular weight excluding hydrogens is 418 g/mol. The number of carbonyl (C=O) groups is 2. The van der Waals surface area contributed by atoms with Crippen molar-refractivity contribution < 1.29 is 22.7 Å². The number of carbonyl (C=O) groups excluding carboxylic acids is 2. The first kappa shape index (κ1) is 22.8. The third kappa shape index (κ3) is 5.83. The highest BCUT2D eigenvalue weighted by Crippen LogP contribution is 2.24. The molecule has 3 rings (SSSR count). The van der Waals surface area contributed by atoms with E-state index in [9.17, 15) is 18.0 Å². The number of hydrogen-bond donors (Lipinski definition) is 2. The lowest BCUT2D eigenvalue weighted by molar-refractivity contribution is -0.126. The van der Waals surface area contributed by atoms with E-state index in [0.29, 0.717) is 30.8 Å². The average molecular weight is 446 g/mol. The molecule has 0 saturated carbocycles. The zero-order valence-electron chi connectivity index (χ0n) is 17.4. The summed E-state index contributed by atoms with van der Waals surface area (Å²) in [6.07, 6.45) is 1.32. The quantitative estimate of drug-likeness (QED) is 0.648. The standard InChI is InChI=1S/C22H27N3O5S/c1-30-20-12-6-5-11-19(20)24-21(26)13-14-23-22(27)17-8-7-15-25(16-17)31(28,29)18-9-3-2-4-10-18/h2-6,9-12,17H,7-8,13-16H2,1H3,(H,23,27)(H,24,26)/t17-/m0/s1. The summed E-state index contributed by atoms with van der Waals surface area (Å²) < 4.78 is 32.2. The molecule has 1 heterocycles. The SMILES string of the molecule is COc1ccccc1NC(=O)CCNC(=O)[C@H]1CCCN(S(=O)(=O)c2ccccc2)C1. The molecule has 1 aliphatic rings. The van der Waals surface area contributed by atoms with Crippen molar-refractivity contribution in [3.8, 4) is 5.75 Å². The van der Waals surface area contributed by atoms with E-state index in [1.165, 1.54) is 11.4 Å². The summed E-state index contributed by atoms with van der Waals surface area (Å²) in [7, 11) is -2.10. The minimum absolute atomic E-state index is 0.0997. The van der Waals surface area contributed by atoms with Crippen molar-refractivity contribution in [3.05, 3.63) is 54.6 Å². The van der Waals surface area contributed by atoms with E-state index in [0.717, 1.165) is 0 Å². The molecule has 8 nitrogen and oxygen atoms in total. The summed E-state index contributed by atoms with van der Waals surface area (Å²) >= 11 is 0. The van der Waals surface area contributed by atoms with Gasteiger partial charge in [-0.05, 0) is 37.1 Å². The number of nitrogens with zero attached hydrogens (tertiary/aromatic N) is 1. The third-order valence-corrected chi connectivity index (χ3v) is 7.05. The zero-order valence-corrected chi connectivity index (χ0v) is 18.2. The highest BCUT2D eigenvalue weighted by molar-refractivity contribution is 7.89. The maximum atomic E-state index is 12.8. The Morgan fingerprint density at radius 1 is 1.10 bits per heavy atom. The summed E-state index contributed by atoms with van der Waals surface area (Å²) in [5.74, 6) is -0.369. The molecule has 1 atom stereocenters. The Kier molecular flexibility index (Phi) is 7.64. The van der Waals surface area contributed by atoms with Gasteiger partial charge in [0.1, 0.15) is 5.75 Å². The van der Waals surface area contributed by atoms with E-state index in [-0.39, 0.29) is 36.2 Å². The minimum atomic E-state index is -3.63. The molecule has 0 aliphatic carbocycles. The van der Waals surface area contributed by atoms with Gasteiger partial charge in [-0.25, -0.2) is 8.42 Å². The fourth-order valence-corrected chi connectivity index (χ4v) is 5.07. The average Bonchev–Trinajstić information content (AvgIpc) is 2.80. The maximum absolute atomic E-state index is 12.8. The first-order valence-electron chi connectivity index (χ1n) is 10.2. The van der Waals surface area contributed by atoms with Crippen molar-refractivity contribution in [3.63, 3.8) is 0 Å². The second-order valence-corrected chi connectivity index (χ2v) is 9.24. The van der Waals surface area contributed by atoms with Gasteiger partial charge in [0.2, 0.25) is 21.8 Å². The topological polar surface area (TPSA) is 105 Å². The van der Waals surface area contributed by atoms with E-state index in [1.807, 2.05) is 0 Å². The number of amides is 2. The monoisotopic (exact) mass is 445 g/mol. The minimum Gasteiger partial charge on any atom is -0.495 e. The van der Waals surface area contributed by atoms with E-state index >= 15 is 0 Å². The number of nitrogens with one attached hydrogen (secondary N) is 2. The van der Waals surface area contributed by atoms with Gasteiger partial charge in [-0.1, -0.05) is 30.3 Å². The molecule has 1 saturated heterocycles. The summed E-state index contributed by atoms with van der Waals surface area (Å²) in [6, 6.07) is 15.3. The molecule has 166 valence electrons. The molecule has 2 amide bonds. The molecule has 0 unspecified atom stereocenters. The first-order chi connectivity index (χ1) is 14.9. The number of methoxy groups -OCH3 is 1. The van der Waals surface area contributed by atoms with Crippen molar-refractivity contribution in [2.75, 3.05) is 32.1 Å². The highest BCUT2D eigenvalue weighted by Gasteiger charge is 2.33.